The largest absolute Gasteiger partial charge is 0.478 e. The molecular weight excluding hydrogens is 156 g/mol. The third kappa shape index (κ3) is 1.62. The van der Waals surface area contributed by atoms with Gasteiger partial charge in [-0.05, 0) is 24.1 Å². The number of hydrogen-bond acceptors (Lipinski definition) is 2. The van der Waals surface area contributed by atoms with Crippen LogP contribution in [0.4, 0.5) is 0 Å². The van der Waals surface area contributed by atoms with Crippen LogP contribution in [0.1, 0.15) is 21.5 Å². The van der Waals surface area contributed by atoms with Crippen LogP contribution < -0.4 is 0 Å². The van der Waals surface area contributed by atoms with E-state index in [2.05, 4.69) is 6.92 Å². The van der Waals surface area contributed by atoms with Crippen LogP contribution in [0.5, 0.6) is 0 Å². The van der Waals surface area contributed by atoms with Gasteiger partial charge in [0.2, 0.25) is 0 Å². The molecule has 0 unspecified atom stereocenters. The summed E-state index contributed by atoms with van der Waals surface area (Å²) in [5.41, 5.74) is 1.27. The van der Waals surface area contributed by atoms with Crippen LogP contribution in [0.25, 0.3) is 0 Å². The molecule has 63 valence electrons. The number of aliphatic hydroxyl groups is 1. The van der Waals surface area contributed by atoms with E-state index in [0.717, 1.165) is 0 Å². The van der Waals surface area contributed by atoms with Crippen molar-refractivity contribution in [1.29, 1.82) is 0 Å². The Bertz CT molecular complexity index is 305. The molecule has 1 rings (SSSR count). The summed E-state index contributed by atoms with van der Waals surface area (Å²) in [6.07, 6.45) is 0. The molecule has 0 aliphatic rings. The molecule has 0 fully saturated rings. The van der Waals surface area contributed by atoms with Crippen LogP contribution in [0.15, 0.2) is 18.2 Å². The topological polar surface area (TPSA) is 57.5 Å². The third-order valence-corrected chi connectivity index (χ3v) is 1.58. The van der Waals surface area contributed by atoms with Crippen molar-refractivity contribution in [3.8, 4) is 0 Å². The quantitative estimate of drug-likeness (QED) is 0.688. The van der Waals surface area contributed by atoms with E-state index in [0.29, 0.717) is 11.1 Å². The van der Waals surface area contributed by atoms with Crippen LogP contribution in [-0.2, 0) is 6.61 Å². The van der Waals surface area contributed by atoms with Crippen molar-refractivity contribution in [1.82, 2.24) is 0 Å². The first kappa shape index (κ1) is 8.74. The molecule has 0 saturated heterocycles. The van der Waals surface area contributed by atoms with Gasteiger partial charge in [-0.2, -0.15) is 0 Å². The Kier molecular flexibility index (Phi) is 2.45. The van der Waals surface area contributed by atoms with Gasteiger partial charge in [-0.15, -0.1) is 0 Å². The van der Waals surface area contributed by atoms with E-state index in [9.17, 15) is 4.79 Å². The van der Waals surface area contributed by atoms with Crippen LogP contribution >= 0.6 is 0 Å². The standard InChI is InChI=1S/C9H9O3/c1-6-4-7(5-10)2-3-8(6)9(11)12/h2-4,10H,1,5H2,(H,11,12). The van der Waals surface area contributed by atoms with Gasteiger partial charge in [0.05, 0.1) is 12.2 Å². The highest BCUT2D eigenvalue weighted by atomic mass is 16.4. The molecule has 0 aliphatic carbocycles. The molecule has 0 atom stereocenters. The summed E-state index contributed by atoms with van der Waals surface area (Å²) < 4.78 is 0. The second kappa shape index (κ2) is 3.36. The van der Waals surface area contributed by atoms with Gasteiger partial charge in [-0.1, -0.05) is 12.1 Å². The highest BCUT2D eigenvalue weighted by Gasteiger charge is 2.06. The number of aliphatic hydroxyl groups excluding tert-OH is 1. The van der Waals surface area contributed by atoms with Crippen molar-refractivity contribution < 1.29 is 15.0 Å². The summed E-state index contributed by atoms with van der Waals surface area (Å²) in [5, 5.41) is 17.3. The van der Waals surface area contributed by atoms with Crippen LogP contribution in [0.3, 0.4) is 0 Å². The van der Waals surface area contributed by atoms with Crippen LogP contribution in [0.2, 0.25) is 0 Å². The van der Waals surface area contributed by atoms with E-state index in [1.807, 2.05) is 0 Å². The summed E-state index contributed by atoms with van der Waals surface area (Å²) in [6.45, 7) is 3.46. The first-order valence-corrected chi connectivity index (χ1v) is 3.44. The highest BCUT2D eigenvalue weighted by molar-refractivity contribution is 5.89. The minimum atomic E-state index is -0.996. The monoisotopic (exact) mass is 165 g/mol. The minimum absolute atomic E-state index is 0.0948. The summed E-state index contributed by atoms with van der Waals surface area (Å²) in [7, 11) is 0. The van der Waals surface area contributed by atoms with E-state index in [4.69, 9.17) is 10.2 Å². The number of benzene rings is 1. The molecule has 1 aromatic rings. The number of carboxylic acids is 1. The third-order valence-electron chi connectivity index (χ3n) is 1.58. The van der Waals surface area contributed by atoms with Crippen molar-refractivity contribution in [2.75, 3.05) is 0 Å². The van der Waals surface area contributed by atoms with Gasteiger partial charge in [0.25, 0.3) is 0 Å². The predicted octanol–water partition coefficient (Wildman–Crippen LogP) is 1.06. The average Bonchev–Trinajstić information content (AvgIpc) is 2.03. The fourth-order valence-electron chi connectivity index (χ4n) is 0.954. The molecule has 0 amide bonds. The summed E-state index contributed by atoms with van der Waals surface area (Å²) in [5.74, 6) is -0.996. The molecule has 0 aliphatic heterocycles. The van der Waals surface area contributed by atoms with Gasteiger partial charge in [0, 0.05) is 0 Å². The summed E-state index contributed by atoms with van der Waals surface area (Å²) >= 11 is 0. The molecule has 3 heteroatoms. The van der Waals surface area contributed by atoms with Crippen molar-refractivity contribution in [2.24, 2.45) is 0 Å². The maximum Gasteiger partial charge on any atom is 0.335 e. The Morgan fingerprint density at radius 2 is 2.17 bits per heavy atom. The lowest BCUT2D eigenvalue weighted by atomic mass is 10.1. The fourth-order valence-corrected chi connectivity index (χ4v) is 0.954. The molecule has 2 N–H and O–H groups in total. The lowest BCUT2D eigenvalue weighted by Crippen LogP contribution is -2.00. The van der Waals surface area contributed by atoms with Gasteiger partial charge in [-0.25, -0.2) is 4.79 Å². The highest BCUT2D eigenvalue weighted by Crippen LogP contribution is 2.10. The molecule has 0 heterocycles. The molecule has 12 heavy (non-hydrogen) atoms. The van der Waals surface area contributed by atoms with Gasteiger partial charge in [0.1, 0.15) is 0 Å². The average molecular weight is 165 g/mol. The molecular formula is C9H9O3. The molecule has 0 aromatic heterocycles. The zero-order valence-electron chi connectivity index (χ0n) is 6.45. The number of carboxylic acid groups (broad SMARTS) is 1. The predicted molar refractivity (Wildman–Crippen MR) is 43.8 cm³/mol. The number of hydrogen-bond donors (Lipinski definition) is 2. The Morgan fingerprint density at radius 3 is 2.58 bits per heavy atom. The summed E-state index contributed by atoms with van der Waals surface area (Å²) in [6, 6.07) is 4.57. The molecule has 1 radical (unpaired) electrons. The Hall–Kier alpha value is -1.35. The van der Waals surface area contributed by atoms with E-state index in [1.165, 1.54) is 6.07 Å². The minimum Gasteiger partial charge on any atom is -0.478 e. The molecule has 0 saturated carbocycles. The second-order valence-electron chi connectivity index (χ2n) is 2.45. The van der Waals surface area contributed by atoms with E-state index in [-0.39, 0.29) is 12.2 Å². The van der Waals surface area contributed by atoms with Gasteiger partial charge >= 0.3 is 5.97 Å². The molecule has 0 spiro atoms. The van der Waals surface area contributed by atoms with Gasteiger partial charge < -0.3 is 10.2 Å². The van der Waals surface area contributed by atoms with Crippen molar-refractivity contribution in [3.63, 3.8) is 0 Å². The van der Waals surface area contributed by atoms with Crippen LogP contribution in [0, 0.1) is 6.92 Å². The zero-order valence-corrected chi connectivity index (χ0v) is 6.45. The number of carbonyl (C=O) groups is 1. The van der Waals surface area contributed by atoms with E-state index >= 15 is 0 Å². The van der Waals surface area contributed by atoms with Crippen molar-refractivity contribution in [3.05, 3.63) is 41.8 Å². The maximum absolute atomic E-state index is 10.5. The van der Waals surface area contributed by atoms with Crippen LogP contribution in [-0.4, -0.2) is 16.2 Å². The Balaban J connectivity index is 3.12. The molecule has 1 aromatic carbocycles. The summed E-state index contributed by atoms with van der Waals surface area (Å²) in [4.78, 5) is 10.5. The first-order chi connectivity index (χ1) is 5.65. The number of aromatic carboxylic acids is 1. The SMILES string of the molecule is [CH2]c1cc(CO)ccc1C(=O)O. The van der Waals surface area contributed by atoms with Gasteiger partial charge in [0.15, 0.2) is 0 Å². The van der Waals surface area contributed by atoms with Crippen molar-refractivity contribution >= 4 is 5.97 Å². The smallest absolute Gasteiger partial charge is 0.335 e. The maximum atomic E-state index is 10.5. The second-order valence-corrected chi connectivity index (χ2v) is 2.45. The fraction of sp³-hybridized carbons (Fsp3) is 0.111. The molecule has 0 bridgehead atoms. The Labute approximate surface area is 70.3 Å². The van der Waals surface area contributed by atoms with E-state index in [1.54, 1.807) is 12.1 Å². The molecule has 3 nitrogen and oxygen atoms in total. The number of rotatable bonds is 2. The lowest BCUT2D eigenvalue weighted by molar-refractivity contribution is 0.0696. The zero-order chi connectivity index (χ0) is 9.14. The lowest BCUT2D eigenvalue weighted by Gasteiger charge is -2.01. The normalized spacial score (nSPS) is 9.83. The Morgan fingerprint density at radius 1 is 1.50 bits per heavy atom. The van der Waals surface area contributed by atoms with E-state index < -0.39 is 5.97 Å². The first-order valence-electron chi connectivity index (χ1n) is 3.44. The van der Waals surface area contributed by atoms with Gasteiger partial charge in [-0.3, -0.25) is 0 Å². The van der Waals surface area contributed by atoms with Crippen molar-refractivity contribution in [2.45, 2.75) is 6.61 Å².